The molecule has 0 radical (unpaired) electrons. The van der Waals surface area contributed by atoms with Gasteiger partial charge in [0.25, 0.3) is 0 Å². The van der Waals surface area contributed by atoms with Gasteiger partial charge in [0.05, 0.1) is 0 Å². The monoisotopic (exact) mass is 213 g/mol. The topological polar surface area (TPSA) is 33.1 Å². The molecule has 2 heteroatoms. The van der Waals surface area contributed by atoms with Crippen molar-refractivity contribution in [1.82, 2.24) is 4.98 Å². The number of nitrogens with zero attached hydrogens (tertiary/aromatic N) is 1. The molecular formula is C14H15NO. The number of benzene rings is 1. The summed E-state index contributed by atoms with van der Waals surface area (Å²) in [4.78, 5) is 4.01. The van der Waals surface area contributed by atoms with E-state index in [0.717, 1.165) is 12.8 Å². The van der Waals surface area contributed by atoms with Crippen molar-refractivity contribution in [1.29, 1.82) is 0 Å². The van der Waals surface area contributed by atoms with E-state index >= 15 is 0 Å². The molecule has 0 amide bonds. The molecule has 82 valence electrons. The maximum atomic E-state index is 9.00. The van der Waals surface area contributed by atoms with Gasteiger partial charge in [-0.1, -0.05) is 24.3 Å². The Labute approximate surface area is 95.6 Å². The Morgan fingerprint density at radius 3 is 2.31 bits per heavy atom. The highest BCUT2D eigenvalue weighted by Gasteiger charge is 2.02. The first-order valence-corrected chi connectivity index (χ1v) is 5.46. The normalized spacial score (nSPS) is 10.3. The molecule has 0 aliphatic heterocycles. The van der Waals surface area contributed by atoms with Gasteiger partial charge < -0.3 is 5.11 Å². The van der Waals surface area contributed by atoms with Crippen molar-refractivity contribution in [2.75, 3.05) is 6.61 Å². The molecule has 1 aromatic carbocycles. The minimum atomic E-state index is 0.202. The molecule has 2 nitrogen and oxygen atoms in total. The zero-order chi connectivity index (χ0) is 11.2. The summed E-state index contributed by atoms with van der Waals surface area (Å²) in [5, 5.41) is 9.00. The quantitative estimate of drug-likeness (QED) is 0.844. The van der Waals surface area contributed by atoms with Crippen LogP contribution in [0.1, 0.15) is 16.7 Å². The van der Waals surface area contributed by atoms with Crippen LogP contribution in [-0.4, -0.2) is 16.7 Å². The summed E-state index contributed by atoms with van der Waals surface area (Å²) in [5.41, 5.74) is 3.75. The zero-order valence-electron chi connectivity index (χ0n) is 9.13. The number of hydrogen-bond acceptors (Lipinski definition) is 2. The molecule has 0 bridgehead atoms. The molecule has 0 saturated carbocycles. The number of aromatic nitrogens is 1. The summed E-state index contributed by atoms with van der Waals surface area (Å²) in [5.74, 6) is 0. The van der Waals surface area contributed by atoms with E-state index in [-0.39, 0.29) is 6.61 Å². The summed E-state index contributed by atoms with van der Waals surface area (Å²) in [6, 6.07) is 12.3. The molecule has 2 aromatic rings. The van der Waals surface area contributed by atoms with Gasteiger partial charge in [-0.3, -0.25) is 4.98 Å². The average molecular weight is 213 g/mol. The molecule has 1 N–H and O–H groups in total. The van der Waals surface area contributed by atoms with Gasteiger partial charge in [-0.05, 0) is 41.7 Å². The lowest BCUT2D eigenvalue weighted by Crippen LogP contribution is -1.98. The summed E-state index contributed by atoms with van der Waals surface area (Å²) in [7, 11) is 0. The molecule has 16 heavy (non-hydrogen) atoms. The van der Waals surface area contributed by atoms with Crippen molar-refractivity contribution < 1.29 is 5.11 Å². The van der Waals surface area contributed by atoms with Gasteiger partial charge in [0, 0.05) is 19.0 Å². The number of aliphatic hydroxyl groups excluding tert-OH is 1. The lowest BCUT2D eigenvalue weighted by molar-refractivity contribution is 0.299. The highest BCUT2D eigenvalue weighted by Crippen LogP contribution is 2.14. The van der Waals surface area contributed by atoms with E-state index in [1.165, 1.54) is 16.7 Å². The van der Waals surface area contributed by atoms with Crippen molar-refractivity contribution in [3.63, 3.8) is 0 Å². The molecule has 1 heterocycles. The van der Waals surface area contributed by atoms with Gasteiger partial charge in [-0.15, -0.1) is 0 Å². The predicted octanol–water partition coefficient (Wildman–Crippen LogP) is 2.21. The van der Waals surface area contributed by atoms with Gasteiger partial charge in [0.15, 0.2) is 0 Å². The zero-order valence-corrected chi connectivity index (χ0v) is 9.13. The smallest absolute Gasteiger partial charge is 0.0471 e. The second-order valence-electron chi connectivity index (χ2n) is 3.77. The second kappa shape index (κ2) is 5.42. The largest absolute Gasteiger partial charge is 0.396 e. The van der Waals surface area contributed by atoms with Crippen LogP contribution in [0.2, 0.25) is 0 Å². The number of aliphatic hydroxyl groups is 1. The third-order valence-electron chi connectivity index (χ3n) is 2.64. The highest BCUT2D eigenvalue weighted by molar-refractivity contribution is 5.32. The van der Waals surface area contributed by atoms with Gasteiger partial charge in [-0.25, -0.2) is 0 Å². The van der Waals surface area contributed by atoms with Crippen LogP contribution in [0.3, 0.4) is 0 Å². The van der Waals surface area contributed by atoms with E-state index < -0.39 is 0 Å². The minimum absolute atomic E-state index is 0.202. The Kier molecular flexibility index (Phi) is 3.67. The molecule has 0 aliphatic carbocycles. The first kappa shape index (κ1) is 10.8. The Hall–Kier alpha value is -1.67. The Balaban J connectivity index is 2.21. The van der Waals surface area contributed by atoms with Crippen molar-refractivity contribution >= 4 is 0 Å². The maximum absolute atomic E-state index is 9.00. The number of pyridine rings is 1. The Morgan fingerprint density at radius 2 is 1.62 bits per heavy atom. The highest BCUT2D eigenvalue weighted by atomic mass is 16.2. The van der Waals surface area contributed by atoms with Crippen LogP contribution in [0.5, 0.6) is 0 Å². The standard InChI is InChI=1S/C14H15NO/c16-10-7-13-3-1-2-4-14(13)11-12-5-8-15-9-6-12/h1-6,8-9,16H,7,10-11H2. The fraction of sp³-hybridized carbons (Fsp3) is 0.214. The second-order valence-corrected chi connectivity index (χ2v) is 3.77. The van der Waals surface area contributed by atoms with Crippen LogP contribution < -0.4 is 0 Å². The summed E-state index contributed by atoms with van der Waals surface area (Å²) >= 11 is 0. The fourth-order valence-electron chi connectivity index (χ4n) is 1.81. The van der Waals surface area contributed by atoms with Crippen LogP contribution in [0.15, 0.2) is 48.8 Å². The van der Waals surface area contributed by atoms with E-state index in [2.05, 4.69) is 17.1 Å². The van der Waals surface area contributed by atoms with E-state index in [1.54, 1.807) is 0 Å². The van der Waals surface area contributed by atoms with Gasteiger partial charge in [0.2, 0.25) is 0 Å². The predicted molar refractivity (Wildman–Crippen MR) is 64.3 cm³/mol. The van der Waals surface area contributed by atoms with Crippen molar-refractivity contribution in [2.24, 2.45) is 0 Å². The third kappa shape index (κ3) is 2.67. The van der Waals surface area contributed by atoms with Crippen molar-refractivity contribution in [3.05, 3.63) is 65.5 Å². The molecule has 0 spiro atoms. The molecule has 0 atom stereocenters. The van der Waals surface area contributed by atoms with Gasteiger partial charge in [-0.2, -0.15) is 0 Å². The van der Waals surface area contributed by atoms with E-state index in [1.807, 2.05) is 36.7 Å². The SMILES string of the molecule is OCCc1ccccc1Cc1ccncc1. The average Bonchev–Trinajstić information content (AvgIpc) is 2.33. The van der Waals surface area contributed by atoms with Gasteiger partial charge in [0.1, 0.15) is 0 Å². The van der Waals surface area contributed by atoms with Crippen molar-refractivity contribution in [2.45, 2.75) is 12.8 Å². The van der Waals surface area contributed by atoms with Crippen LogP contribution in [0.4, 0.5) is 0 Å². The van der Waals surface area contributed by atoms with Gasteiger partial charge >= 0.3 is 0 Å². The lowest BCUT2D eigenvalue weighted by Gasteiger charge is -2.08. The molecule has 0 fully saturated rings. The first-order valence-electron chi connectivity index (χ1n) is 5.46. The lowest BCUT2D eigenvalue weighted by atomic mass is 9.99. The molecule has 0 saturated heterocycles. The van der Waals surface area contributed by atoms with Crippen LogP contribution in [-0.2, 0) is 12.8 Å². The first-order chi connectivity index (χ1) is 7.90. The van der Waals surface area contributed by atoms with Crippen molar-refractivity contribution in [3.8, 4) is 0 Å². The summed E-state index contributed by atoms with van der Waals surface area (Å²) in [6.07, 6.45) is 5.24. The summed E-state index contributed by atoms with van der Waals surface area (Å²) < 4.78 is 0. The third-order valence-corrected chi connectivity index (χ3v) is 2.64. The molecule has 2 rings (SSSR count). The van der Waals surface area contributed by atoms with E-state index in [4.69, 9.17) is 5.11 Å². The molecular weight excluding hydrogens is 198 g/mol. The Morgan fingerprint density at radius 1 is 0.938 bits per heavy atom. The maximum Gasteiger partial charge on any atom is 0.0471 e. The Bertz CT molecular complexity index is 439. The fourth-order valence-corrected chi connectivity index (χ4v) is 1.81. The minimum Gasteiger partial charge on any atom is -0.396 e. The number of hydrogen-bond donors (Lipinski definition) is 1. The van der Waals surface area contributed by atoms with Crippen LogP contribution in [0, 0.1) is 0 Å². The van der Waals surface area contributed by atoms with E-state index in [9.17, 15) is 0 Å². The molecule has 0 aliphatic rings. The number of rotatable bonds is 4. The molecule has 1 aromatic heterocycles. The summed E-state index contributed by atoms with van der Waals surface area (Å²) in [6.45, 7) is 0.202. The van der Waals surface area contributed by atoms with E-state index in [0.29, 0.717) is 0 Å². The molecule has 0 unspecified atom stereocenters. The van der Waals surface area contributed by atoms with Crippen LogP contribution >= 0.6 is 0 Å². The van der Waals surface area contributed by atoms with Crippen LogP contribution in [0.25, 0.3) is 0 Å².